The minimum atomic E-state index is -0.404. The molecule has 1 heterocycles. The van der Waals surface area contributed by atoms with E-state index in [-0.39, 0.29) is 5.91 Å². The van der Waals surface area contributed by atoms with Crippen LogP contribution >= 0.6 is 23.1 Å². The van der Waals surface area contributed by atoms with Crippen LogP contribution in [0.5, 0.6) is 0 Å². The fraction of sp³-hybridized carbons (Fsp3) is 0.538. The first-order valence-electron chi connectivity index (χ1n) is 6.22. The van der Waals surface area contributed by atoms with Crippen molar-refractivity contribution >= 4 is 40.0 Å². The van der Waals surface area contributed by atoms with Crippen molar-refractivity contribution in [3.63, 3.8) is 0 Å². The summed E-state index contributed by atoms with van der Waals surface area (Å²) in [6.07, 6.45) is 0. The molecule has 1 aromatic rings. The van der Waals surface area contributed by atoms with E-state index in [0.717, 1.165) is 10.6 Å². The number of aryl methyl sites for hydroxylation is 1. The quantitative estimate of drug-likeness (QED) is 0.589. The third-order valence-corrected chi connectivity index (χ3v) is 4.16. The molecule has 5 nitrogen and oxygen atoms in total. The van der Waals surface area contributed by atoms with Crippen molar-refractivity contribution in [2.45, 2.75) is 13.8 Å². The number of hydrogen-bond donors (Lipinski definition) is 1. The Balaban J connectivity index is 2.58. The topological polar surface area (TPSA) is 64.6 Å². The molecule has 1 aromatic heterocycles. The Morgan fingerprint density at radius 3 is 2.85 bits per heavy atom. The smallest absolute Gasteiger partial charge is 0.341 e. The maximum absolute atomic E-state index is 11.8. The van der Waals surface area contributed by atoms with Gasteiger partial charge >= 0.3 is 5.97 Å². The number of nitrogens with one attached hydrogen (secondary N) is 1. The predicted octanol–water partition coefficient (Wildman–Crippen LogP) is 2.55. The molecule has 0 aromatic carbocycles. The molecule has 0 spiro atoms. The number of rotatable bonds is 8. The number of thioether (sulfide) groups is 1. The lowest BCUT2D eigenvalue weighted by Crippen LogP contribution is -2.16. The zero-order valence-electron chi connectivity index (χ0n) is 11.9. The lowest BCUT2D eigenvalue weighted by Gasteiger charge is -2.06. The maximum atomic E-state index is 11.8. The Kier molecular flexibility index (Phi) is 7.64. The van der Waals surface area contributed by atoms with E-state index in [9.17, 15) is 9.59 Å². The third kappa shape index (κ3) is 5.52. The Labute approximate surface area is 127 Å². The summed E-state index contributed by atoms with van der Waals surface area (Å²) in [7, 11) is 1.63. The van der Waals surface area contributed by atoms with Gasteiger partial charge in [-0.15, -0.1) is 23.1 Å². The number of hydrogen-bond acceptors (Lipinski definition) is 6. The first kappa shape index (κ1) is 17.0. The van der Waals surface area contributed by atoms with Gasteiger partial charge in [0, 0.05) is 17.7 Å². The van der Waals surface area contributed by atoms with Gasteiger partial charge in [0.05, 0.1) is 24.5 Å². The van der Waals surface area contributed by atoms with E-state index in [1.807, 2.05) is 6.92 Å². The van der Waals surface area contributed by atoms with E-state index in [0.29, 0.717) is 29.5 Å². The van der Waals surface area contributed by atoms with Crippen LogP contribution in [0, 0.1) is 6.92 Å². The number of esters is 1. The molecule has 0 unspecified atom stereocenters. The number of carbonyl (C=O) groups is 2. The van der Waals surface area contributed by atoms with Gasteiger partial charge in [-0.05, 0) is 19.9 Å². The summed E-state index contributed by atoms with van der Waals surface area (Å²) in [6, 6.07) is 1.73. The molecule has 112 valence electrons. The number of ether oxygens (including phenoxy) is 2. The molecule has 1 N–H and O–H groups in total. The second-order valence-corrected chi connectivity index (χ2v) is 6.28. The van der Waals surface area contributed by atoms with Gasteiger partial charge in [-0.25, -0.2) is 4.79 Å². The van der Waals surface area contributed by atoms with Crippen LogP contribution in [0.1, 0.15) is 22.2 Å². The van der Waals surface area contributed by atoms with Crippen LogP contribution in [-0.4, -0.2) is 43.7 Å². The third-order valence-electron chi connectivity index (χ3n) is 2.27. The van der Waals surface area contributed by atoms with Gasteiger partial charge in [-0.2, -0.15) is 0 Å². The van der Waals surface area contributed by atoms with Gasteiger partial charge in [0.1, 0.15) is 5.00 Å². The Morgan fingerprint density at radius 2 is 2.20 bits per heavy atom. The molecule has 7 heteroatoms. The summed E-state index contributed by atoms with van der Waals surface area (Å²) in [4.78, 5) is 24.5. The lowest BCUT2D eigenvalue weighted by molar-refractivity contribution is -0.113. The zero-order chi connectivity index (χ0) is 15.0. The molecule has 0 saturated heterocycles. The van der Waals surface area contributed by atoms with Crippen molar-refractivity contribution in [1.29, 1.82) is 0 Å². The molecule has 0 fully saturated rings. The molecular weight excluding hydrogens is 298 g/mol. The Bertz CT molecular complexity index is 459. The van der Waals surface area contributed by atoms with Crippen molar-refractivity contribution in [2.75, 3.05) is 37.1 Å². The molecule has 20 heavy (non-hydrogen) atoms. The first-order valence-corrected chi connectivity index (χ1v) is 8.19. The summed E-state index contributed by atoms with van der Waals surface area (Å²) >= 11 is 2.86. The lowest BCUT2D eigenvalue weighted by atomic mass is 10.3. The number of carbonyl (C=O) groups excluding carboxylic acids is 2. The van der Waals surface area contributed by atoms with Crippen LogP contribution in [0.15, 0.2) is 6.07 Å². The average Bonchev–Trinajstić information content (AvgIpc) is 2.76. The predicted molar refractivity (Wildman–Crippen MR) is 82.8 cm³/mol. The van der Waals surface area contributed by atoms with Crippen LogP contribution in [0.2, 0.25) is 0 Å². The average molecular weight is 317 g/mol. The number of methoxy groups -OCH3 is 1. The van der Waals surface area contributed by atoms with Crippen LogP contribution in [-0.2, 0) is 14.3 Å². The molecule has 0 saturated carbocycles. The van der Waals surface area contributed by atoms with Crippen LogP contribution in [0.3, 0.4) is 0 Å². The number of anilines is 1. The van der Waals surface area contributed by atoms with Crippen molar-refractivity contribution in [3.05, 3.63) is 16.5 Å². The van der Waals surface area contributed by atoms with Crippen molar-refractivity contribution in [2.24, 2.45) is 0 Å². The van der Waals surface area contributed by atoms with Gasteiger partial charge in [-0.3, -0.25) is 4.79 Å². The Morgan fingerprint density at radius 1 is 1.45 bits per heavy atom. The van der Waals surface area contributed by atoms with E-state index < -0.39 is 5.97 Å². The molecular formula is C13H19NO4S2. The van der Waals surface area contributed by atoms with Crippen molar-refractivity contribution in [3.8, 4) is 0 Å². The number of thiophene rings is 1. The van der Waals surface area contributed by atoms with E-state index in [1.165, 1.54) is 23.1 Å². The molecule has 0 atom stereocenters. The fourth-order valence-corrected chi connectivity index (χ4v) is 3.04. The molecule has 1 amide bonds. The summed E-state index contributed by atoms with van der Waals surface area (Å²) < 4.78 is 9.88. The van der Waals surface area contributed by atoms with Crippen LogP contribution < -0.4 is 5.32 Å². The standard InChI is InChI=1S/C13H19NO4S2/c1-4-18-13(16)10-7-9(2)20-12(10)14-11(15)8-19-6-5-17-3/h7H,4-6,8H2,1-3H3,(H,14,15). The van der Waals surface area contributed by atoms with Crippen molar-refractivity contribution in [1.82, 2.24) is 0 Å². The second-order valence-electron chi connectivity index (χ2n) is 3.91. The maximum Gasteiger partial charge on any atom is 0.341 e. The van der Waals surface area contributed by atoms with Gasteiger partial charge in [0.2, 0.25) is 5.91 Å². The molecule has 1 rings (SSSR count). The molecule has 0 aliphatic heterocycles. The minimum absolute atomic E-state index is 0.126. The largest absolute Gasteiger partial charge is 0.462 e. The van der Waals surface area contributed by atoms with E-state index in [1.54, 1.807) is 20.1 Å². The Hall–Kier alpha value is -1.05. The highest BCUT2D eigenvalue weighted by atomic mass is 32.2. The fourth-order valence-electron chi connectivity index (χ4n) is 1.44. The zero-order valence-corrected chi connectivity index (χ0v) is 13.5. The normalized spacial score (nSPS) is 10.3. The highest BCUT2D eigenvalue weighted by molar-refractivity contribution is 7.99. The summed E-state index contributed by atoms with van der Waals surface area (Å²) in [5.74, 6) is 0.568. The van der Waals surface area contributed by atoms with Crippen molar-refractivity contribution < 1.29 is 19.1 Å². The van der Waals surface area contributed by atoms with Gasteiger partial charge in [0.15, 0.2) is 0 Å². The summed E-state index contributed by atoms with van der Waals surface area (Å²) in [6.45, 7) is 4.57. The van der Waals surface area contributed by atoms with Gasteiger partial charge in [-0.1, -0.05) is 0 Å². The van der Waals surface area contributed by atoms with Crippen LogP contribution in [0.25, 0.3) is 0 Å². The summed E-state index contributed by atoms with van der Waals surface area (Å²) in [5, 5.41) is 3.32. The van der Waals surface area contributed by atoms with E-state index in [4.69, 9.17) is 9.47 Å². The monoisotopic (exact) mass is 317 g/mol. The molecule has 0 aliphatic rings. The van der Waals surface area contributed by atoms with Gasteiger partial charge in [0.25, 0.3) is 0 Å². The summed E-state index contributed by atoms with van der Waals surface area (Å²) in [5.41, 5.74) is 0.421. The first-order chi connectivity index (χ1) is 9.58. The highest BCUT2D eigenvalue weighted by Crippen LogP contribution is 2.28. The van der Waals surface area contributed by atoms with Crippen LogP contribution in [0.4, 0.5) is 5.00 Å². The number of amides is 1. The van der Waals surface area contributed by atoms with E-state index >= 15 is 0 Å². The molecule has 0 bridgehead atoms. The molecule has 0 radical (unpaired) electrons. The van der Waals surface area contributed by atoms with Gasteiger partial charge < -0.3 is 14.8 Å². The highest BCUT2D eigenvalue weighted by Gasteiger charge is 2.17. The van der Waals surface area contributed by atoms with E-state index in [2.05, 4.69) is 5.32 Å². The SMILES string of the molecule is CCOC(=O)c1cc(C)sc1NC(=O)CSCCOC. The second kappa shape index (κ2) is 8.99. The minimum Gasteiger partial charge on any atom is -0.462 e. The molecule has 0 aliphatic carbocycles.